The fourth-order valence-corrected chi connectivity index (χ4v) is 4.64. The van der Waals surface area contributed by atoms with Crippen molar-refractivity contribution >= 4 is 50.0 Å². The van der Waals surface area contributed by atoms with Gasteiger partial charge in [0.1, 0.15) is 11.5 Å². The maximum absolute atomic E-state index is 10.9. The van der Waals surface area contributed by atoms with Crippen LogP contribution in [0.15, 0.2) is 57.7 Å². The molecule has 3 aromatic rings. The number of aliphatic hydroxyl groups excluding tert-OH is 1. The second-order valence-corrected chi connectivity index (χ2v) is 9.48. The average molecular weight is 577 g/mol. The third-order valence-corrected chi connectivity index (χ3v) is 6.10. The first kappa shape index (κ1) is 25.0. The number of pyridine rings is 1. The number of benzene rings is 2. The molecule has 0 fully saturated rings. The Hall–Kier alpha value is -2.68. The number of hydrogen-bond donors (Lipinski definition) is 3. The monoisotopic (exact) mass is 575 g/mol. The number of nitrogens with zero attached hydrogens (tertiary/aromatic N) is 1. The highest BCUT2D eigenvalue weighted by molar-refractivity contribution is 9.11. The van der Waals surface area contributed by atoms with Gasteiger partial charge >= 0.3 is 5.97 Å². The molecule has 0 saturated heterocycles. The van der Waals surface area contributed by atoms with E-state index in [9.17, 15) is 15.0 Å². The molecule has 3 rings (SSSR count). The van der Waals surface area contributed by atoms with Crippen molar-refractivity contribution in [2.24, 2.45) is 0 Å². The van der Waals surface area contributed by atoms with Crippen LogP contribution in [0.25, 0.3) is 12.2 Å². The molecule has 0 radical (unpaired) electrons. The summed E-state index contributed by atoms with van der Waals surface area (Å²) in [7, 11) is 0. The fraction of sp³-hybridized carbons (Fsp3) is 0.200. The Morgan fingerprint density at radius 1 is 1.09 bits per heavy atom. The van der Waals surface area contributed by atoms with Gasteiger partial charge in [0.15, 0.2) is 11.9 Å². The van der Waals surface area contributed by atoms with Gasteiger partial charge in [-0.25, -0.2) is 4.79 Å². The minimum atomic E-state index is -1.49. The summed E-state index contributed by atoms with van der Waals surface area (Å²) in [5, 5.41) is 29.4. The van der Waals surface area contributed by atoms with Crippen LogP contribution in [0.5, 0.6) is 17.2 Å². The highest BCUT2D eigenvalue weighted by Crippen LogP contribution is 2.41. The van der Waals surface area contributed by atoms with Gasteiger partial charge in [0, 0.05) is 29.9 Å². The highest BCUT2D eigenvalue weighted by Gasteiger charge is 2.18. The van der Waals surface area contributed by atoms with E-state index in [1.807, 2.05) is 38.1 Å². The number of phenolic OH excluding ortho intramolecular Hbond substituents is 1. The van der Waals surface area contributed by atoms with Gasteiger partial charge in [0.2, 0.25) is 0 Å². The zero-order chi connectivity index (χ0) is 24.1. The highest BCUT2D eigenvalue weighted by atomic mass is 79.9. The van der Waals surface area contributed by atoms with Gasteiger partial charge in [-0.15, -0.1) is 0 Å². The number of aromatic hydroxyl groups is 1. The number of carbonyl (C=O) groups is 1. The van der Waals surface area contributed by atoms with Crippen molar-refractivity contribution in [3.8, 4) is 17.2 Å². The number of hydrogen-bond acceptors (Lipinski definition) is 5. The normalized spacial score (nSPS) is 12.3. The summed E-state index contributed by atoms with van der Waals surface area (Å²) in [6, 6.07) is 10.7. The Kier molecular flexibility index (Phi) is 8.29. The zero-order valence-electron chi connectivity index (χ0n) is 18.0. The van der Waals surface area contributed by atoms with Crippen molar-refractivity contribution < 1.29 is 24.9 Å². The molecule has 1 atom stereocenters. The van der Waals surface area contributed by atoms with E-state index in [4.69, 9.17) is 9.84 Å². The van der Waals surface area contributed by atoms with Gasteiger partial charge in [-0.2, -0.15) is 0 Å². The summed E-state index contributed by atoms with van der Waals surface area (Å²) < 4.78 is 7.35. The van der Waals surface area contributed by atoms with Crippen LogP contribution in [0.2, 0.25) is 0 Å². The van der Waals surface area contributed by atoms with Crippen molar-refractivity contribution in [1.82, 2.24) is 4.98 Å². The molecule has 1 aromatic heterocycles. The van der Waals surface area contributed by atoms with Gasteiger partial charge in [0.25, 0.3) is 0 Å². The van der Waals surface area contributed by atoms with Crippen LogP contribution in [-0.2, 0) is 11.2 Å². The molecule has 0 saturated carbocycles. The minimum absolute atomic E-state index is 0.0343. The van der Waals surface area contributed by atoms with E-state index < -0.39 is 12.1 Å². The standard InChI is InChI=1S/C25H23Br2NO5/c1-14(2)19-13-18(12-17(23(19)30)4-3-15-5-7-28-8-6-15)33-24-20(26)9-16(10-21(24)27)11-22(29)25(31)32/h3-10,12-14,22,29-30H,11H2,1-2H3,(H,31,32). The molecule has 172 valence electrons. The summed E-state index contributed by atoms with van der Waals surface area (Å²) in [6.45, 7) is 3.98. The van der Waals surface area contributed by atoms with Crippen molar-refractivity contribution in [3.63, 3.8) is 0 Å². The Labute approximate surface area is 208 Å². The molecule has 3 N–H and O–H groups in total. The quantitative estimate of drug-likeness (QED) is 0.287. The summed E-state index contributed by atoms with van der Waals surface area (Å²) >= 11 is 6.94. The number of aliphatic carboxylic acids is 1. The first-order valence-corrected chi connectivity index (χ1v) is 11.8. The lowest BCUT2D eigenvalue weighted by Crippen LogP contribution is -2.21. The first-order chi connectivity index (χ1) is 15.7. The van der Waals surface area contributed by atoms with Crippen molar-refractivity contribution in [2.45, 2.75) is 32.3 Å². The molecule has 8 heteroatoms. The molecule has 2 aromatic carbocycles. The van der Waals surface area contributed by atoms with Gasteiger partial charge in [-0.3, -0.25) is 4.98 Å². The predicted molar refractivity (Wildman–Crippen MR) is 135 cm³/mol. The Morgan fingerprint density at radius 2 is 1.73 bits per heavy atom. The molecule has 0 aliphatic rings. The second-order valence-electron chi connectivity index (χ2n) is 7.77. The lowest BCUT2D eigenvalue weighted by atomic mass is 9.98. The molecule has 6 nitrogen and oxygen atoms in total. The van der Waals surface area contributed by atoms with Gasteiger partial charge in [-0.1, -0.05) is 26.0 Å². The number of rotatable bonds is 8. The molecular formula is C25H23Br2NO5. The summed E-state index contributed by atoms with van der Waals surface area (Å²) in [4.78, 5) is 15.0. The molecule has 0 bridgehead atoms. The fourth-order valence-electron chi connectivity index (χ4n) is 3.19. The van der Waals surface area contributed by atoms with Crippen LogP contribution >= 0.6 is 31.9 Å². The molecule has 0 aliphatic carbocycles. The van der Waals surface area contributed by atoms with E-state index in [0.717, 1.165) is 11.1 Å². The summed E-state index contributed by atoms with van der Waals surface area (Å²) in [6.07, 6.45) is 5.59. The van der Waals surface area contributed by atoms with Crippen molar-refractivity contribution in [3.05, 3.63) is 80.0 Å². The van der Waals surface area contributed by atoms with Crippen LogP contribution in [0.4, 0.5) is 0 Å². The first-order valence-electron chi connectivity index (χ1n) is 10.2. The van der Waals surface area contributed by atoms with E-state index in [0.29, 0.717) is 31.6 Å². The second kappa shape index (κ2) is 11.0. The van der Waals surface area contributed by atoms with E-state index in [1.165, 1.54) is 0 Å². The van der Waals surface area contributed by atoms with Crippen LogP contribution in [0, 0.1) is 0 Å². The van der Waals surface area contributed by atoms with E-state index in [2.05, 4.69) is 36.8 Å². The predicted octanol–water partition coefficient (Wildman–Crippen LogP) is 6.39. The van der Waals surface area contributed by atoms with Gasteiger partial charge < -0.3 is 20.1 Å². The van der Waals surface area contributed by atoms with Gasteiger partial charge in [-0.05, 0) is 85.3 Å². The Morgan fingerprint density at radius 3 is 2.30 bits per heavy atom. The maximum atomic E-state index is 10.9. The third kappa shape index (κ3) is 6.43. The van der Waals surface area contributed by atoms with Crippen LogP contribution in [-0.4, -0.2) is 32.4 Å². The Bertz CT molecular complexity index is 1160. The zero-order valence-corrected chi connectivity index (χ0v) is 21.2. The largest absolute Gasteiger partial charge is 0.507 e. The summed E-state index contributed by atoms with van der Waals surface area (Å²) in [5.74, 6) is 0.00559. The van der Waals surface area contributed by atoms with Crippen LogP contribution in [0.3, 0.4) is 0 Å². The number of aromatic nitrogens is 1. The summed E-state index contributed by atoms with van der Waals surface area (Å²) in [5.41, 5.74) is 2.94. The molecule has 0 aliphatic heterocycles. The molecule has 0 amide bonds. The van der Waals surface area contributed by atoms with Gasteiger partial charge in [0.05, 0.1) is 8.95 Å². The topological polar surface area (TPSA) is 99.9 Å². The molecule has 1 unspecified atom stereocenters. The molecule has 0 spiro atoms. The van der Waals surface area contributed by atoms with Crippen molar-refractivity contribution in [1.29, 1.82) is 0 Å². The Balaban J connectivity index is 1.95. The van der Waals surface area contributed by atoms with E-state index in [-0.39, 0.29) is 18.1 Å². The third-order valence-electron chi connectivity index (χ3n) is 4.92. The lowest BCUT2D eigenvalue weighted by molar-refractivity contribution is -0.146. The average Bonchev–Trinajstić information content (AvgIpc) is 2.76. The van der Waals surface area contributed by atoms with Crippen LogP contribution < -0.4 is 4.74 Å². The smallest absolute Gasteiger partial charge is 0.332 e. The number of ether oxygens (including phenoxy) is 1. The van der Waals surface area contributed by atoms with E-state index >= 15 is 0 Å². The number of halogens is 2. The van der Waals surface area contributed by atoms with E-state index in [1.54, 1.807) is 36.7 Å². The SMILES string of the molecule is CC(C)c1cc(Oc2c(Br)cc(CC(O)C(=O)O)cc2Br)cc(C=Cc2ccncc2)c1O. The molecule has 1 heterocycles. The van der Waals surface area contributed by atoms with Crippen LogP contribution in [0.1, 0.15) is 42.0 Å². The number of carboxylic acids is 1. The molecule has 33 heavy (non-hydrogen) atoms. The maximum Gasteiger partial charge on any atom is 0.332 e. The number of carboxylic acid groups (broad SMARTS) is 1. The minimum Gasteiger partial charge on any atom is -0.507 e. The van der Waals surface area contributed by atoms with Crippen molar-refractivity contribution in [2.75, 3.05) is 0 Å². The molecular weight excluding hydrogens is 554 g/mol. The number of aliphatic hydroxyl groups is 1. The lowest BCUT2D eigenvalue weighted by Gasteiger charge is -2.17. The number of phenols is 1.